The Balaban J connectivity index is 1.50. The van der Waals surface area contributed by atoms with E-state index in [4.69, 9.17) is 14.2 Å². The van der Waals surface area contributed by atoms with Gasteiger partial charge < -0.3 is 18.8 Å². The molecular formula is C35H33N3O5S. The Labute approximate surface area is 258 Å². The highest BCUT2D eigenvalue weighted by molar-refractivity contribution is 7.07. The number of carbonyl (C=O) groups is 1. The maximum Gasteiger partial charge on any atom is 0.337 e. The van der Waals surface area contributed by atoms with Gasteiger partial charge in [-0.3, -0.25) is 9.36 Å². The lowest BCUT2D eigenvalue weighted by atomic mass is 9.97. The highest BCUT2D eigenvalue weighted by atomic mass is 32.1. The molecular weight excluding hydrogens is 574 g/mol. The molecule has 2 aromatic heterocycles. The maximum atomic E-state index is 14.1. The topological polar surface area (TPSA) is 84.0 Å². The molecule has 0 radical (unpaired) electrons. The third kappa shape index (κ3) is 5.03. The summed E-state index contributed by atoms with van der Waals surface area (Å²) < 4.78 is 21.0. The van der Waals surface area contributed by atoms with Crippen LogP contribution in [0.25, 0.3) is 22.5 Å². The molecule has 0 saturated heterocycles. The quantitative estimate of drug-likeness (QED) is 0.221. The largest absolute Gasteiger partial charge is 0.490 e. The highest BCUT2D eigenvalue weighted by Crippen LogP contribution is 2.35. The zero-order valence-electron chi connectivity index (χ0n) is 25.3. The van der Waals surface area contributed by atoms with E-state index in [2.05, 4.69) is 59.8 Å². The number of benzene rings is 3. The van der Waals surface area contributed by atoms with E-state index in [0.717, 1.165) is 33.4 Å². The van der Waals surface area contributed by atoms with Crippen LogP contribution in [0.1, 0.15) is 42.4 Å². The van der Waals surface area contributed by atoms with Crippen LogP contribution in [0, 0.1) is 13.8 Å². The Morgan fingerprint density at radius 2 is 1.73 bits per heavy atom. The number of thiazole rings is 1. The number of carbonyl (C=O) groups excluding carboxylic acids is 1. The number of hydrogen-bond acceptors (Lipinski definition) is 7. The minimum Gasteiger partial charge on any atom is -0.490 e. The zero-order valence-corrected chi connectivity index (χ0v) is 26.1. The summed E-state index contributed by atoms with van der Waals surface area (Å²) in [5.74, 6) is 0.574. The monoisotopic (exact) mass is 607 g/mol. The van der Waals surface area contributed by atoms with Crippen molar-refractivity contribution in [1.82, 2.24) is 9.13 Å². The summed E-state index contributed by atoms with van der Waals surface area (Å²) in [5.41, 5.74) is 4.80. The van der Waals surface area contributed by atoms with Crippen LogP contribution in [-0.2, 0) is 9.53 Å². The van der Waals surface area contributed by atoms with E-state index in [9.17, 15) is 9.59 Å². The Bertz CT molecular complexity index is 2110. The minimum absolute atomic E-state index is 0.241. The summed E-state index contributed by atoms with van der Waals surface area (Å²) in [7, 11) is 1.32. The summed E-state index contributed by atoms with van der Waals surface area (Å²) in [4.78, 5) is 32.1. The van der Waals surface area contributed by atoms with Crippen LogP contribution in [-0.4, -0.2) is 35.4 Å². The molecule has 0 saturated carbocycles. The number of aryl methyl sites for hydroxylation is 1. The summed E-state index contributed by atoms with van der Waals surface area (Å²) in [6, 6.07) is 21.4. The molecule has 8 nitrogen and oxygen atoms in total. The molecule has 6 rings (SSSR count). The van der Waals surface area contributed by atoms with Gasteiger partial charge in [-0.15, -0.1) is 0 Å². The van der Waals surface area contributed by atoms with Crippen LogP contribution < -0.4 is 24.4 Å². The number of methoxy groups -OCH3 is 1. The Morgan fingerprint density at radius 3 is 2.50 bits per heavy atom. The van der Waals surface area contributed by atoms with Gasteiger partial charge in [0.05, 0.1) is 42.2 Å². The molecule has 0 unspecified atom stereocenters. The fourth-order valence-corrected chi connectivity index (χ4v) is 6.80. The molecule has 1 aliphatic heterocycles. The number of nitrogens with zero attached hydrogens (tertiary/aromatic N) is 3. The molecule has 1 aliphatic rings. The summed E-state index contributed by atoms with van der Waals surface area (Å²) in [5, 5.41) is 2.32. The first-order valence-electron chi connectivity index (χ1n) is 14.5. The van der Waals surface area contributed by atoms with Gasteiger partial charge in [-0.2, -0.15) is 0 Å². The lowest BCUT2D eigenvalue weighted by Crippen LogP contribution is -2.39. The van der Waals surface area contributed by atoms with Crippen molar-refractivity contribution in [2.75, 3.05) is 20.3 Å². The van der Waals surface area contributed by atoms with Gasteiger partial charge in [-0.25, -0.2) is 9.79 Å². The lowest BCUT2D eigenvalue weighted by molar-refractivity contribution is -0.136. The van der Waals surface area contributed by atoms with E-state index in [1.54, 1.807) is 10.6 Å². The first-order chi connectivity index (χ1) is 21.4. The predicted octanol–water partition coefficient (Wildman–Crippen LogP) is 5.38. The van der Waals surface area contributed by atoms with Gasteiger partial charge in [0, 0.05) is 23.0 Å². The average Bonchev–Trinajstić information content (AvgIpc) is 3.50. The number of esters is 1. The second-order valence-electron chi connectivity index (χ2n) is 10.4. The lowest BCUT2D eigenvalue weighted by Gasteiger charge is -2.23. The fraction of sp³-hybridized carbons (Fsp3) is 0.229. The van der Waals surface area contributed by atoms with Gasteiger partial charge >= 0.3 is 5.97 Å². The van der Waals surface area contributed by atoms with Gasteiger partial charge in [-0.1, -0.05) is 53.8 Å². The molecule has 0 spiro atoms. The first kappa shape index (κ1) is 29.2. The standard InChI is InChI=1S/C35H33N3O5S/c1-6-42-29-16-15-24(18-30(29)43-7-2)32-27(34(40)41-5)20-36-35-38(32)33(39)31(44-35)19-25-17-21(3)37(22(25)4)28-14-10-12-23-11-8-9-13-26(23)28/h8-20,32H,6-7H2,1-5H3/b31-19-/t32-/m1/s1. The molecule has 1 atom stereocenters. The van der Waals surface area contributed by atoms with Crippen LogP contribution in [0.3, 0.4) is 0 Å². The van der Waals surface area contributed by atoms with Crippen LogP contribution >= 0.6 is 11.3 Å². The van der Waals surface area contributed by atoms with Gasteiger partial charge in [-0.05, 0) is 74.5 Å². The van der Waals surface area contributed by atoms with Crippen LogP contribution in [0.4, 0.5) is 0 Å². The van der Waals surface area contributed by atoms with E-state index in [0.29, 0.717) is 39.6 Å². The molecule has 0 bridgehead atoms. The number of fused-ring (bicyclic) bond motifs is 2. The normalized spacial score (nSPS) is 14.6. The van der Waals surface area contributed by atoms with Crippen molar-refractivity contribution in [3.8, 4) is 17.2 Å². The number of aromatic nitrogens is 2. The molecule has 3 aromatic carbocycles. The van der Waals surface area contributed by atoms with Crippen molar-refractivity contribution in [3.05, 3.63) is 121 Å². The SMILES string of the molecule is CCOc1ccc([C@@H]2C(C(=O)OC)=CN=c3s/c(=C\c4cc(C)n(-c5cccc6ccccc56)c4C)c(=O)n32)cc1OCC. The van der Waals surface area contributed by atoms with E-state index in [-0.39, 0.29) is 11.1 Å². The molecule has 3 heterocycles. The van der Waals surface area contributed by atoms with E-state index in [1.807, 2.05) is 44.2 Å². The Kier molecular flexibility index (Phi) is 7.97. The molecule has 0 fully saturated rings. The van der Waals surface area contributed by atoms with Crippen molar-refractivity contribution in [3.63, 3.8) is 0 Å². The van der Waals surface area contributed by atoms with Gasteiger partial charge in [0.1, 0.15) is 0 Å². The van der Waals surface area contributed by atoms with Crippen LogP contribution in [0.5, 0.6) is 11.5 Å². The zero-order chi connectivity index (χ0) is 31.0. The number of rotatable bonds is 8. The smallest absolute Gasteiger partial charge is 0.337 e. The molecule has 0 amide bonds. The number of hydrogen-bond donors (Lipinski definition) is 0. The van der Waals surface area contributed by atoms with E-state index in [1.165, 1.54) is 24.6 Å². The molecule has 0 aliphatic carbocycles. The van der Waals surface area contributed by atoms with Gasteiger partial charge in [0.25, 0.3) is 5.56 Å². The van der Waals surface area contributed by atoms with E-state index >= 15 is 0 Å². The van der Waals surface area contributed by atoms with Gasteiger partial charge in [0.2, 0.25) is 0 Å². The molecule has 0 N–H and O–H groups in total. The predicted molar refractivity (Wildman–Crippen MR) is 173 cm³/mol. The van der Waals surface area contributed by atoms with E-state index < -0.39 is 12.0 Å². The van der Waals surface area contributed by atoms with Crippen molar-refractivity contribution >= 4 is 34.2 Å². The third-order valence-electron chi connectivity index (χ3n) is 7.77. The Morgan fingerprint density at radius 1 is 0.977 bits per heavy atom. The summed E-state index contributed by atoms with van der Waals surface area (Å²) >= 11 is 1.29. The third-order valence-corrected chi connectivity index (χ3v) is 8.77. The van der Waals surface area contributed by atoms with Crippen molar-refractivity contribution < 1.29 is 19.0 Å². The molecule has 224 valence electrons. The van der Waals surface area contributed by atoms with Crippen molar-refractivity contribution in [2.24, 2.45) is 4.99 Å². The second kappa shape index (κ2) is 12.0. The van der Waals surface area contributed by atoms with Crippen molar-refractivity contribution in [1.29, 1.82) is 0 Å². The molecule has 5 aromatic rings. The number of ether oxygens (including phenoxy) is 3. The van der Waals surface area contributed by atoms with Crippen molar-refractivity contribution in [2.45, 2.75) is 33.7 Å². The van der Waals surface area contributed by atoms with Crippen LogP contribution in [0.15, 0.2) is 88.3 Å². The van der Waals surface area contributed by atoms with Crippen LogP contribution in [0.2, 0.25) is 0 Å². The molecule has 9 heteroatoms. The average molecular weight is 608 g/mol. The highest BCUT2D eigenvalue weighted by Gasteiger charge is 2.31. The minimum atomic E-state index is -0.751. The second-order valence-corrected chi connectivity index (χ2v) is 11.4. The maximum absolute atomic E-state index is 14.1. The first-order valence-corrected chi connectivity index (χ1v) is 15.3. The van der Waals surface area contributed by atoms with Gasteiger partial charge in [0.15, 0.2) is 16.3 Å². The fourth-order valence-electron chi connectivity index (χ4n) is 5.84. The summed E-state index contributed by atoms with van der Waals surface area (Å²) in [6.07, 6.45) is 3.41. The summed E-state index contributed by atoms with van der Waals surface area (Å²) in [6.45, 7) is 8.83. The molecule has 44 heavy (non-hydrogen) atoms. The Hall–Kier alpha value is -4.89.